The monoisotopic (exact) mass is 292 g/mol. The van der Waals surface area contributed by atoms with E-state index in [0.29, 0.717) is 11.3 Å². The number of anilines is 1. The van der Waals surface area contributed by atoms with Crippen LogP contribution in [-0.2, 0) is 6.54 Å². The van der Waals surface area contributed by atoms with Gasteiger partial charge in [0, 0.05) is 23.9 Å². The minimum absolute atomic E-state index is 0.0293. The SMILES string of the molecule is COc1cccc(CNc2cc(F)cc([N+](=O)[O-])c2)c1O. The van der Waals surface area contributed by atoms with Gasteiger partial charge < -0.3 is 15.2 Å². The minimum atomic E-state index is -0.707. The summed E-state index contributed by atoms with van der Waals surface area (Å²) in [5.41, 5.74) is 0.442. The van der Waals surface area contributed by atoms with Crippen LogP contribution in [0, 0.1) is 15.9 Å². The molecule has 0 radical (unpaired) electrons. The average Bonchev–Trinajstić information content (AvgIpc) is 2.45. The van der Waals surface area contributed by atoms with Crippen LogP contribution in [0.2, 0.25) is 0 Å². The van der Waals surface area contributed by atoms with Crippen LogP contribution in [0.3, 0.4) is 0 Å². The van der Waals surface area contributed by atoms with E-state index >= 15 is 0 Å². The zero-order valence-electron chi connectivity index (χ0n) is 11.2. The van der Waals surface area contributed by atoms with Crippen molar-refractivity contribution in [2.45, 2.75) is 6.54 Å². The third-order valence-electron chi connectivity index (χ3n) is 2.88. The maximum absolute atomic E-state index is 13.3. The van der Waals surface area contributed by atoms with E-state index in [1.165, 1.54) is 13.2 Å². The molecule has 2 N–H and O–H groups in total. The summed E-state index contributed by atoms with van der Waals surface area (Å²) in [5, 5.41) is 23.4. The van der Waals surface area contributed by atoms with Gasteiger partial charge >= 0.3 is 0 Å². The maximum atomic E-state index is 13.3. The maximum Gasteiger partial charge on any atom is 0.274 e. The Labute approximate surface area is 119 Å². The number of phenolic OH excluding ortho intramolecular Hbond substituents is 1. The molecule has 21 heavy (non-hydrogen) atoms. The first-order chi connectivity index (χ1) is 10.0. The van der Waals surface area contributed by atoms with Gasteiger partial charge in [-0.1, -0.05) is 12.1 Å². The molecule has 0 atom stereocenters. The van der Waals surface area contributed by atoms with Gasteiger partial charge in [-0.05, 0) is 12.1 Å². The Balaban J connectivity index is 2.19. The summed E-state index contributed by atoms with van der Waals surface area (Å²) < 4.78 is 18.3. The summed E-state index contributed by atoms with van der Waals surface area (Å²) in [5.74, 6) is -0.417. The van der Waals surface area contributed by atoms with E-state index in [4.69, 9.17) is 4.74 Å². The van der Waals surface area contributed by atoms with Crippen LogP contribution >= 0.6 is 0 Å². The highest BCUT2D eigenvalue weighted by atomic mass is 19.1. The molecule has 6 nitrogen and oxygen atoms in total. The number of benzene rings is 2. The molecule has 0 spiro atoms. The summed E-state index contributed by atoms with van der Waals surface area (Å²) in [6, 6.07) is 8.17. The molecule has 0 aliphatic rings. The number of aromatic hydroxyl groups is 1. The molecule has 0 saturated heterocycles. The van der Waals surface area contributed by atoms with Gasteiger partial charge in [-0.15, -0.1) is 0 Å². The van der Waals surface area contributed by atoms with Gasteiger partial charge in [-0.3, -0.25) is 10.1 Å². The van der Waals surface area contributed by atoms with Crippen LogP contribution in [0.5, 0.6) is 11.5 Å². The van der Waals surface area contributed by atoms with Crippen LogP contribution in [0.4, 0.5) is 15.8 Å². The van der Waals surface area contributed by atoms with Crippen molar-refractivity contribution in [2.24, 2.45) is 0 Å². The largest absolute Gasteiger partial charge is 0.504 e. The van der Waals surface area contributed by atoms with E-state index in [1.807, 2.05) is 0 Å². The van der Waals surface area contributed by atoms with Gasteiger partial charge in [-0.25, -0.2) is 4.39 Å². The third-order valence-corrected chi connectivity index (χ3v) is 2.88. The van der Waals surface area contributed by atoms with Crippen LogP contribution in [-0.4, -0.2) is 17.1 Å². The number of non-ortho nitro benzene ring substituents is 1. The van der Waals surface area contributed by atoms with Gasteiger partial charge in [0.15, 0.2) is 11.5 Å². The highest BCUT2D eigenvalue weighted by molar-refractivity contribution is 5.53. The Hall–Kier alpha value is -2.83. The number of nitro groups is 1. The molecule has 0 aliphatic heterocycles. The van der Waals surface area contributed by atoms with E-state index in [0.717, 1.165) is 12.1 Å². The van der Waals surface area contributed by atoms with E-state index < -0.39 is 10.7 Å². The van der Waals surface area contributed by atoms with E-state index in [1.54, 1.807) is 18.2 Å². The van der Waals surface area contributed by atoms with E-state index in [2.05, 4.69) is 5.32 Å². The molecule has 0 fully saturated rings. The first kappa shape index (κ1) is 14.6. The van der Waals surface area contributed by atoms with Gasteiger partial charge in [0.25, 0.3) is 5.69 Å². The number of nitrogens with one attached hydrogen (secondary N) is 1. The lowest BCUT2D eigenvalue weighted by Gasteiger charge is -2.10. The molecule has 0 heterocycles. The van der Waals surface area contributed by atoms with Crippen molar-refractivity contribution in [1.82, 2.24) is 0 Å². The summed E-state index contributed by atoms with van der Waals surface area (Å²) >= 11 is 0. The average molecular weight is 292 g/mol. The molecule has 0 aromatic heterocycles. The fourth-order valence-electron chi connectivity index (χ4n) is 1.85. The fourth-order valence-corrected chi connectivity index (χ4v) is 1.85. The van der Waals surface area contributed by atoms with Crippen LogP contribution in [0.25, 0.3) is 0 Å². The van der Waals surface area contributed by atoms with Crippen molar-refractivity contribution in [3.05, 3.63) is 57.9 Å². The van der Waals surface area contributed by atoms with Crippen LogP contribution < -0.4 is 10.1 Å². The summed E-state index contributed by atoms with van der Waals surface area (Å²) in [7, 11) is 1.43. The first-order valence-corrected chi connectivity index (χ1v) is 6.05. The Morgan fingerprint density at radius 1 is 1.38 bits per heavy atom. The Bertz CT molecular complexity index is 676. The Kier molecular flexibility index (Phi) is 4.22. The zero-order valence-corrected chi connectivity index (χ0v) is 11.2. The molecular weight excluding hydrogens is 279 g/mol. The molecule has 2 aromatic rings. The van der Waals surface area contributed by atoms with Crippen molar-refractivity contribution < 1.29 is 19.2 Å². The number of hydrogen-bond donors (Lipinski definition) is 2. The first-order valence-electron chi connectivity index (χ1n) is 6.05. The lowest BCUT2D eigenvalue weighted by molar-refractivity contribution is -0.385. The normalized spacial score (nSPS) is 10.2. The van der Waals surface area contributed by atoms with E-state index in [9.17, 15) is 19.6 Å². The number of rotatable bonds is 5. The number of halogens is 1. The lowest BCUT2D eigenvalue weighted by atomic mass is 10.1. The van der Waals surface area contributed by atoms with Crippen molar-refractivity contribution in [1.29, 1.82) is 0 Å². The van der Waals surface area contributed by atoms with Gasteiger partial charge in [-0.2, -0.15) is 0 Å². The highest BCUT2D eigenvalue weighted by Crippen LogP contribution is 2.30. The number of ether oxygens (including phenoxy) is 1. The molecular formula is C14H13FN2O4. The standard InChI is InChI=1S/C14H13FN2O4/c1-21-13-4-2-3-9(14(13)18)8-16-11-5-10(15)6-12(7-11)17(19)20/h2-7,16,18H,8H2,1H3. The molecule has 110 valence electrons. The van der Waals surface area contributed by atoms with Crippen molar-refractivity contribution in [3.63, 3.8) is 0 Å². The lowest BCUT2D eigenvalue weighted by Crippen LogP contribution is -2.01. The quantitative estimate of drug-likeness (QED) is 0.653. The fraction of sp³-hybridized carbons (Fsp3) is 0.143. The van der Waals surface area contributed by atoms with Gasteiger partial charge in [0.05, 0.1) is 18.1 Å². The third kappa shape index (κ3) is 3.38. The van der Waals surface area contributed by atoms with E-state index in [-0.39, 0.29) is 23.7 Å². The molecule has 2 rings (SSSR count). The second kappa shape index (κ2) is 6.08. The zero-order chi connectivity index (χ0) is 15.4. The topological polar surface area (TPSA) is 84.6 Å². The number of hydrogen-bond acceptors (Lipinski definition) is 5. The number of para-hydroxylation sites is 1. The number of methoxy groups -OCH3 is 1. The second-order valence-corrected chi connectivity index (χ2v) is 4.28. The Morgan fingerprint density at radius 2 is 2.14 bits per heavy atom. The highest BCUT2D eigenvalue weighted by Gasteiger charge is 2.11. The van der Waals surface area contributed by atoms with Gasteiger partial charge in [0.2, 0.25) is 0 Å². The van der Waals surface area contributed by atoms with Crippen molar-refractivity contribution in [3.8, 4) is 11.5 Å². The molecule has 2 aromatic carbocycles. The molecule has 0 bridgehead atoms. The smallest absolute Gasteiger partial charge is 0.274 e. The molecule has 0 amide bonds. The summed E-state index contributed by atoms with van der Waals surface area (Å²) in [4.78, 5) is 10.0. The van der Waals surface area contributed by atoms with Crippen molar-refractivity contribution in [2.75, 3.05) is 12.4 Å². The number of nitrogens with zero attached hydrogens (tertiary/aromatic N) is 1. The van der Waals surface area contributed by atoms with Crippen LogP contribution in [0.1, 0.15) is 5.56 Å². The minimum Gasteiger partial charge on any atom is -0.504 e. The predicted octanol–water partition coefficient (Wildman–Crippen LogP) is 3.06. The molecule has 0 unspecified atom stereocenters. The molecule has 7 heteroatoms. The Morgan fingerprint density at radius 3 is 2.81 bits per heavy atom. The molecule has 0 aliphatic carbocycles. The second-order valence-electron chi connectivity index (χ2n) is 4.28. The number of phenols is 1. The summed E-state index contributed by atoms with van der Waals surface area (Å²) in [6.07, 6.45) is 0. The van der Waals surface area contributed by atoms with Gasteiger partial charge in [0.1, 0.15) is 5.82 Å². The predicted molar refractivity (Wildman–Crippen MR) is 75.0 cm³/mol. The number of nitro benzene ring substituents is 1. The van der Waals surface area contributed by atoms with Crippen LogP contribution in [0.15, 0.2) is 36.4 Å². The molecule has 0 saturated carbocycles. The summed E-state index contributed by atoms with van der Waals surface area (Å²) in [6.45, 7) is 0.170. The van der Waals surface area contributed by atoms with Crippen molar-refractivity contribution >= 4 is 11.4 Å².